The predicted octanol–water partition coefficient (Wildman–Crippen LogP) is 5.49. The molecule has 33 heavy (non-hydrogen) atoms. The molecule has 0 bridgehead atoms. The van der Waals surface area contributed by atoms with Gasteiger partial charge in [0, 0.05) is 28.6 Å². The van der Waals surface area contributed by atoms with E-state index in [9.17, 15) is 9.90 Å². The predicted molar refractivity (Wildman–Crippen MR) is 128 cm³/mol. The van der Waals surface area contributed by atoms with Crippen LogP contribution in [0.5, 0.6) is 11.5 Å². The molecular weight excluding hydrogens is 460 g/mol. The van der Waals surface area contributed by atoms with Crippen LogP contribution in [0.15, 0.2) is 48.7 Å². The van der Waals surface area contributed by atoms with Gasteiger partial charge in [0.2, 0.25) is 12.7 Å². The number of thiazole rings is 1. The minimum Gasteiger partial charge on any atom is -0.454 e. The Hall–Kier alpha value is -2.61. The highest BCUT2D eigenvalue weighted by molar-refractivity contribution is 7.15. The Morgan fingerprint density at radius 2 is 2.00 bits per heavy atom. The van der Waals surface area contributed by atoms with Crippen molar-refractivity contribution in [2.45, 2.75) is 43.4 Å². The minimum atomic E-state index is -0.546. The monoisotopic (exact) mass is 484 g/mol. The van der Waals surface area contributed by atoms with E-state index in [4.69, 9.17) is 21.1 Å². The van der Waals surface area contributed by atoms with Gasteiger partial charge in [0.15, 0.2) is 16.6 Å². The van der Waals surface area contributed by atoms with E-state index in [0.717, 1.165) is 48.1 Å². The second kappa shape index (κ2) is 9.33. The average molecular weight is 485 g/mol. The van der Waals surface area contributed by atoms with Gasteiger partial charge in [-0.05, 0) is 55.0 Å². The van der Waals surface area contributed by atoms with Crippen LogP contribution in [-0.2, 0) is 10.2 Å². The topological polar surface area (TPSA) is 80.7 Å². The second-order valence-corrected chi connectivity index (χ2v) is 9.93. The van der Waals surface area contributed by atoms with Crippen LogP contribution < -0.4 is 14.8 Å². The summed E-state index contributed by atoms with van der Waals surface area (Å²) in [5.74, 6) is 1.42. The molecule has 2 aromatic carbocycles. The lowest BCUT2D eigenvalue weighted by Gasteiger charge is -2.17. The minimum absolute atomic E-state index is 0.0446. The highest BCUT2D eigenvalue weighted by atomic mass is 35.5. The largest absolute Gasteiger partial charge is 0.454 e. The second-order valence-electron chi connectivity index (χ2n) is 8.47. The van der Waals surface area contributed by atoms with E-state index >= 15 is 0 Å². The van der Waals surface area contributed by atoms with Crippen molar-refractivity contribution >= 4 is 34.0 Å². The van der Waals surface area contributed by atoms with E-state index in [0.29, 0.717) is 21.7 Å². The number of nitrogens with one attached hydrogen (secondary N) is 1. The number of carbonyl (C=O) groups is 1. The summed E-state index contributed by atoms with van der Waals surface area (Å²) in [5.41, 5.74) is 1.44. The van der Waals surface area contributed by atoms with Gasteiger partial charge in [-0.25, -0.2) is 4.98 Å². The summed E-state index contributed by atoms with van der Waals surface area (Å²) in [6.45, 7) is 0.381. The summed E-state index contributed by atoms with van der Waals surface area (Å²) in [7, 11) is 0. The van der Waals surface area contributed by atoms with Gasteiger partial charge in [0.25, 0.3) is 0 Å². The van der Waals surface area contributed by atoms with Crippen LogP contribution in [0, 0.1) is 0 Å². The first-order valence-electron chi connectivity index (χ1n) is 11.1. The molecule has 8 heteroatoms. The van der Waals surface area contributed by atoms with Crippen molar-refractivity contribution in [3.05, 3.63) is 69.7 Å². The van der Waals surface area contributed by atoms with E-state index in [2.05, 4.69) is 10.3 Å². The summed E-state index contributed by atoms with van der Waals surface area (Å²) < 4.78 is 10.9. The lowest BCUT2D eigenvalue weighted by atomic mass is 9.92. The van der Waals surface area contributed by atoms with Crippen LogP contribution in [0.4, 0.5) is 5.13 Å². The number of unbranched alkanes of at least 4 members (excludes halogenated alkanes) is 1. The standard InChI is InChI=1S/C25H25ClN2O4S/c26-19-7-2-1-5-17(19)18(6-3-4-12-29)22-14-27-24(33-22)28-23(30)25(10-11-25)16-8-9-20-21(13-16)32-15-31-20/h1-2,5,7-9,13-14,18,29H,3-4,6,10-12,15H2,(H,27,28,30). The van der Waals surface area contributed by atoms with Gasteiger partial charge in [-0.2, -0.15) is 0 Å². The van der Waals surface area contributed by atoms with Crippen molar-refractivity contribution in [2.75, 3.05) is 18.7 Å². The summed E-state index contributed by atoms with van der Waals surface area (Å²) in [4.78, 5) is 18.8. The number of rotatable bonds is 9. The number of carbonyl (C=O) groups excluding carboxylic acids is 1. The molecule has 2 aliphatic rings. The van der Waals surface area contributed by atoms with E-state index in [1.54, 1.807) is 0 Å². The van der Waals surface area contributed by atoms with Crippen molar-refractivity contribution in [1.29, 1.82) is 0 Å². The molecule has 6 nitrogen and oxygen atoms in total. The van der Waals surface area contributed by atoms with Gasteiger partial charge in [-0.3, -0.25) is 4.79 Å². The lowest BCUT2D eigenvalue weighted by Crippen LogP contribution is -2.27. The molecule has 0 saturated heterocycles. The maximum absolute atomic E-state index is 13.2. The molecule has 1 fully saturated rings. The zero-order valence-corrected chi connectivity index (χ0v) is 19.6. The number of halogens is 1. The Morgan fingerprint density at radius 1 is 1.18 bits per heavy atom. The molecule has 172 valence electrons. The Kier molecular flexibility index (Phi) is 6.27. The molecule has 1 aliphatic heterocycles. The molecule has 1 aliphatic carbocycles. The molecule has 0 spiro atoms. The van der Waals surface area contributed by atoms with Gasteiger partial charge in [-0.1, -0.05) is 42.3 Å². The number of amides is 1. The number of aromatic nitrogens is 1. The van der Waals surface area contributed by atoms with Crippen LogP contribution in [0.2, 0.25) is 5.02 Å². The van der Waals surface area contributed by atoms with Crippen molar-refractivity contribution in [1.82, 2.24) is 4.98 Å². The molecule has 1 atom stereocenters. The summed E-state index contributed by atoms with van der Waals surface area (Å²) in [6.07, 6.45) is 5.87. The third kappa shape index (κ3) is 4.45. The highest BCUT2D eigenvalue weighted by Crippen LogP contribution is 2.51. The van der Waals surface area contributed by atoms with Crippen molar-refractivity contribution in [3.8, 4) is 11.5 Å². The van der Waals surface area contributed by atoms with Gasteiger partial charge in [0.05, 0.1) is 5.41 Å². The van der Waals surface area contributed by atoms with E-state index in [-0.39, 0.29) is 25.2 Å². The smallest absolute Gasteiger partial charge is 0.236 e. The molecule has 2 N–H and O–H groups in total. The van der Waals surface area contributed by atoms with E-state index in [1.165, 1.54) is 11.3 Å². The van der Waals surface area contributed by atoms with Gasteiger partial charge >= 0.3 is 0 Å². The van der Waals surface area contributed by atoms with Crippen molar-refractivity contribution in [2.24, 2.45) is 0 Å². The molecule has 1 amide bonds. The summed E-state index contributed by atoms with van der Waals surface area (Å²) >= 11 is 7.98. The van der Waals surface area contributed by atoms with Gasteiger partial charge in [-0.15, -0.1) is 11.3 Å². The molecule has 1 unspecified atom stereocenters. The highest BCUT2D eigenvalue weighted by Gasteiger charge is 2.52. The van der Waals surface area contributed by atoms with Gasteiger partial charge in [0.1, 0.15) is 0 Å². The fourth-order valence-corrected chi connectivity index (χ4v) is 5.59. The first-order valence-corrected chi connectivity index (χ1v) is 12.3. The van der Waals surface area contributed by atoms with Gasteiger partial charge < -0.3 is 19.9 Å². The number of aliphatic hydroxyl groups is 1. The molecule has 3 aromatic rings. The fourth-order valence-electron chi connectivity index (χ4n) is 4.36. The Balaban J connectivity index is 1.34. The molecule has 5 rings (SSSR count). The first kappa shape index (κ1) is 22.2. The Labute approximate surface area is 201 Å². The number of hydrogen-bond donors (Lipinski definition) is 2. The van der Waals surface area contributed by atoms with Crippen LogP contribution in [0.3, 0.4) is 0 Å². The summed E-state index contributed by atoms with van der Waals surface area (Å²) in [6, 6.07) is 13.5. The number of fused-ring (bicyclic) bond motifs is 1. The molecule has 1 aromatic heterocycles. The van der Waals surface area contributed by atoms with Crippen LogP contribution >= 0.6 is 22.9 Å². The van der Waals surface area contributed by atoms with Crippen molar-refractivity contribution < 1.29 is 19.4 Å². The third-order valence-corrected chi connectivity index (χ3v) is 7.75. The molecule has 2 heterocycles. The van der Waals surface area contributed by atoms with E-state index < -0.39 is 5.41 Å². The zero-order valence-electron chi connectivity index (χ0n) is 18.1. The summed E-state index contributed by atoms with van der Waals surface area (Å²) in [5, 5.41) is 13.5. The zero-order chi connectivity index (χ0) is 22.8. The maximum Gasteiger partial charge on any atom is 0.236 e. The van der Waals surface area contributed by atoms with E-state index in [1.807, 2.05) is 48.7 Å². The quantitative estimate of drug-likeness (QED) is 0.392. The number of aliphatic hydroxyl groups excluding tert-OH is 1. The Bertz CT molecular complexity index is 1160. The Morgan fingerprint density at radius 3 is 2.79 bits per heavy atom. The first-order chi connectivity index (χ1) is 16.1. The number of hydrogen-bond acceptors (Lipinski definition) is 6. The number of anilines is 1. The number of benzene rings is 2. The maximum atomic E-state index is 13.2. The number of ether oxygens (including phenoxy) is 2. The van der Waals surface area contributed by atoms with Crippen LogP contribution in [0.1, 0.15) is 54.0 Å². The fraction of sp³-hybridized carbons (Fsp3) is 0.360. The molecular formula is C25H25ClN2O4S. The average Bonchev–Trinajstić information content (AvgIpc) is 3.28. The molecule has 1 saturated carbocycles. The third-order valence-electron chi connectivity index (χ3n) is 6.38. The normalized spacial score (nSPS) is 16.4. The molecule has 0 radical (unpaired) electrons. The SMILES string of the molecule is O=C(Nc1ncc(C(CCCCO)c2ccccc2Cl)s1)C1(c2ccc3c(c2)OCO3)CC1. The number of nitrogens with zero attached hydrogens (tertiary/aromatic N) is 1. The lowest BCUT2D eigenvalue weighted by molar-refractivity contribution is -0.118. The van der Waals surface area contributed by atoms with Crippen LogP contribution in [0.25, 0.3) is 0 Å². The van der Waals surface area contributed by atoms with Crippen molar-refractivity contribution in [3.63, 3.8) is 0 Å². The van der Waals surface area contributed by atoms with Crippen LogP contribution in [-0.4, -0.2) is 29.4 Å².